The fourth-order valence-electron chi connectivity index (χ4n) is 4.63. The van der Waals surface area contributed by atoms with Crippen molar-refractivity contribution in [1.82, 2.24) is 4.90 Å². The lowest BCUT2D eigenvalue weighted by molar-refractivity contribution is -0.000634. The predicted molar refractivity (Wildman–Crippen MR) is 89.3 cm³/mol. The Hall–Kier alpha value is -0.350. The maximum absolute atomic E-state index is 9.82. The van der Waals surface area contributed by atoms with Crippen LogP contribution in [0, 0.1) is 11.8 Å². The first-order valence-electron chi connectivity index (χ1n) is 7.69. The summed E-state index contributed by atoms with van der Waals surface area (Å²) in [4.78, 5) is 2.63. The summed E-state index contributed by atoms with van der Waals surface area (Å²) in [6, 6.07) is 7.49. The highest BCUT2D eigenvalue weighted by Gasteiger charge is 2.51. The van der Waals surface area contributed by atoms with Gasteiger partial charge in [0.05, 0.1) is 5.02 Å². The van der Waals surface area contributed by atoms with Gasteiger partial charge in [0.1, 0.15) is 0 Å². The zero-order valence-electron chi connectivity index (χ0n) is 11.8. The van der Waals surface area contributed by atoms with Crippen LogP contribution in [0.4, 0.5) is 0 Å². The zero-order valence-corrected chi connectivity index (χ0v) is 14.1. The summed E-state index contributed by atoms with van der Waals surface area (Å²) in [6.07, 6.45) is 6.09. The number of rotatable bonds is 2. The van der Waals surface area contributed by atoms with Crippen molar-refractivity contribution < 1.29 is 5.11 Å². The van der Waals surface area contributed by atoms with Gasteiger partial charge in [-0.3, -0.25) is 4.90 Å². The van der Waals surface area contributed by atoms with Gasteiger partial charge in [-0.2, -0.15) is 0 Å². The fourth-order valence-corrected chi connectivity index (χ4v) is 5.07. The molecule has 5 atom stereocenters. The van der Waals surface area contributed by atoms with Gasteiger partial charge in [-0.15, -0.1) is 0 Å². The van der Waals surface area contributed by atoms with Gasteiger partial charge < -0.3 is 5.11 Å². The molecule has 4 heterocycles. The van der Waals surface area contributed by atoms with Gasteiger partial charge >= 0.3 is 0 Å². The number of hydrogen-bond donors (Lipinski definition) is 1. The van der Waals surface area contributed by atoms with Crippen LogP contribution in [-0.2, 0) is 0 Å². The Balaban J connectivity index is 1.67. The van der Waals surface area contributed by atoms with Crippen molar-refractivity contribution in [1.29, 1.82) is 0 Å². The lowest BCUT2D eigenvalue weighted by Crippen LogP contribution is -2.56. The molecule has 1 N–H and O–H groups in total. The van der Waals surface area contributed by atoms with Gasteiger partial charge in [0, 0.05) is 35.6 Å². The Morgan fingerprint density at radius 1 is 1.38 bits per heavy atom. The number of nitrogens with zero attached hydrogens (tertiary/aromatic N) is 1. The van der Waals surface area contributed by atoms with Gasteiger partial charge in [0.25, 0.3) is 0 Å². The molecule has 4 aliphatic rings. The van der Waals surface area contributed by atoms with Gasteiger partial charge in [0.15, 0.2) is 0 Å². The second-order valence-corrected chi connectivity index (χ2v) is 7.81. The number of benzene rings is 1. The van der Waals surface area contributed by atoms with Crippen LogP contribution in [0.2, 0.25) is 5.02 Å². The first-order chi connectivity index (χ1) is 10.2. The topological polar surface area (TPSA) is 23.5 Å². The summed E-state index contributed by atoms with van der Waals surface area (Å²) in [5.41, 5.74) is 2.64. The fraction of sp³-hybridized carbons (Fsp3) is 0.529. The first kappa shape index (κ1) is 14.3. The molecule has 1 aromatic rings. The molecule has 1 unspecified atom stereocenters. The SMILES string of the molecule is OC[C@H]1[C@@H]2C[C@@H]3CC[C@H]1N3C/C2=C\c1ccc(Br)c(Cl)c1. The summed E-state index contributed by atoms with van der Waals surface area (Å²) < 4.78 is 0.937. The molecule has 4 saturated heterocycles. The molecule has 4 aliphatic heterocycles. The minimum absolute atomic E-state index is 0.316. The molecular weight excluding hydrogens is 350 g/mol. The molecule has 0 amide bonds. The molecule has 1 aromatic carbocycles. The number of piperidine rings is 3. The van der Waals surface area contributed by atoms with Crippen molar-refractivity contribution in [3.8, 4) is 0 Å². The largest absolute Gasteiger partial charge is 0.396 e. The minimum Gasteiger partial charge on any atom is -0.396 e. The number of hydrogen-bond acceptors (Lipinski definition) is 2. The maximum atomic E-state index is 9.82. The molecule has 0 aliphatic carbocycles. The molecule has 0 radical (unpaired) electrons. The Morgan fingerprint density at radius 3 is 3.00 bits per heavy atom. The van der Waals surface area contributed by atoms with Crippen molar-refractivity contribution in [3.63, 3.8) is 0 Å². The lowest BCUT2D eigenvalue weighted by Gasteiger charge is -2.51. The van der Waals surface area contributed by atoms with Gasteiger partial charge in [-0.1, -0.05) is 29.3 Å². The highest BCUT2D eigenvalue weighted by molar-refractivity contribution is 9.10. The molecule has 0 saturated carbocycles. The van der Waals surface area contributed by atoms with Gasteiger partial charge in [0.2, 0.25) is 0 Å². The van der Waals surface area contributed by atoms with Crippen LogP contribution in [0.5, 0.6) is 0 Å². The zero-order chi connectivity index (χ0) is 14.6. The molecule has 0 aromatic heterocycles. The molecule has 5 rings (SSSR count). The van der Waals surface area contributed by atoms with E-state index in [9.17, 15) is 5.11 Å². The van der Waals surface area contributed by atoms with Crippen molar-refractivity contribution in [2.24, 2.45) is 11.8 Å². The van der Waals surface area contributed by atoms with E-state index in [4.69, 9.17) is 11.6 Å². The Labute approximate surface area is 138 Å². The Morgan fingerprint density at radius 2 is 2.24 bits per heavy atom. The van der Waals surface area contributed by atoms with Crippen LogP contribution in [-0.4, -0.2) is 35.2 Å². The van der Waals surface area contributed by atoms with E-state index in [0.717, 1.165) is 27.6 Å². The third-order valence-electron chi connectivity index (χ3n) is 5.58. The number of fused-ring (bicyclic) bond motifs is 1. The van der Waals surface area contributed by atoms with E-state index in [1.54, 1.807) is 0 Å². The number of aliphatic hydroxyl groups is 1. The standard InChI is InChI=1S/C17H19BrClNO/c18-15-3-1-10(6-16(15)19)5-11-8-20-12-2-4-17(20)14(9-21)13(11)7-12/h1,3,5-6,12-14,17,21H,2,4,7-9H2/b11-5+/t12-,13+,14-,17+/m0/s1. The highest BCUT2D eigenvalue weighted by Crippen LogP contribution is 2.50. The van der Waals surface area contributed by atoms with E-state index < -0.39 is 0 Å². The second kappa shape index (κ2) is 5.38. The summed E-state index contributed by atoms with van der Waals surface area (Å²) in [6.45, 7) is 1.39. The average Bonchev–Trinajstić information content (AvgIpc) is 2.79. The molecular formula is C17H19BrClNO. The summed E-state index contributed by atoms with van der Waals surface area (Å²) in [5, 5.41) is 10.6. The monoisotopic (exact) mass is 367 g/mol. The summed E-state index contributed by atoms with van der Waals surface area (Å²) >= 11 is 9.63. The smallest absolute Gasteiger partial charge is 0.0554 e. The van der Waals surface area contributed by atoms with Crippen molar-refractivity contribution in [2.45, 2.75) is 31.3 Å². The van der Waals surface area contributed by atoms with E-state index in [-0.39, 0.29) is 0 Å². The first-order valence-corrected chi connectivity index (χ1v) is 8.86. The molecule has 4 bridgehead atoms. The second-order valence-electron chi connectivity index (χ2n) is 6.55. The van der Waals surface area contributed by atoms with Crippen LogP contribution in [0.1, 0.15) is 24.8 Å². The Bertz CT molecular complexity index is 602. The molecule has 21 heavy (non-hydrogen) atoms. The molecule has 2 nitrogen and oxygen atoms in total. The quantitative estimate of drug-likeness (QED) is 0.854. The molecule has 112 valence electrons. The van der Waals surface area contributed by atoms with Gasteiger partial charge in [-0.25, -0.2) is 0 Å². The van der Waals surface area contributed by atoms with Crippen molar-refractivity contribution >= 4 is 33.6 Å². The predicted octanol–water partition coefficient (Wildman–Crippen LogP) is 3.96. The van der Waals surface area contributed by atoms with E-state index in [1.165, 1.54) is 24.8 Å². The molecule has 4 heteroatoms. The third kappa shape index (κ3) is 2.29. The van der Waals surface area contributed by atoms with E-state index in [1.807, 2.05) is 12.1 Å². The lowest BCUT2D eigenvalue weighted by atomic mass is 9.71. The van der Waals surface area contributed by atoms with Crippen molar-refractivity contribution in [2.75, 3.05) is 13.2 Å². The van der Waals surface area contributed by atoms with Crippen LogP contribution in [0.3, 0.4) is 0 Å². The third-order valence-corrected chi connectivity index (χ3v) is 6.81. The van der Waals surface area contributed by atoms with E-state index >= 15 is 0 Å². The minimum atomic E-state index is 0.316. The van der Waals surface area contributed by atoms with E-state index in [0.29, 0.717) is 24.5 Å². The van der Waals surface area contributed by atoms with Crippen LogP contribution >= 0.6 is 27.5 Å². The summed E-state index contributed by atoms with van der Waals surface area (Å²) in [7, 11) is 0. The van der Waals surface area contributed by atoms with Gasteiger partial charge in [-0.05, 0) is 58.8 Å². The number of aliphatic hydroxyl groups excluding tert-OH is 1. The van der Waals surface area contributed by atoms with E-state index in [2.05, 4.69) is 33.0 Å². The number of halogens is 2. The van der Waals surface area contributed by atoms with Crippen LogP contribution < -0.4 is 0 Å². The molecule has 0 spiro atoms. The molecule has 4 fully saturated rings. The normalized spacial score (nSPS) is 39.2. The van der Waals surface area contributed by atoms with Crippen LogP contribution in [0.25, 0.3) is 6.08 Å². The Kier molecular flexibility index (Phi) is 3.65. The van der Waals surface area contributed by atoms with Crippen molar-refractivity contribution in [3.05, 3.63) is 38.8 Å². The maximum Gasteiger partial charge on any atom is 0.0554 e. The van der Waals surface area contributed by atoms with Crippen LogP contribution in [0.15, 0.2) is 28.2 Å². The highest BCUT2D eigenvalue weighted by atomic mass is 79.9. The summed E-state index contributed by atoms with van der Waals surface area (Å²) in [5.74, 6) is 0.981. The average molecular weight is 369 g/mol.